The second-order valence-corrected chi connectivity index (χ2v) is 4.39. The summed E-state index contributed by atoms with van der Waals surface area (Å²) < 4.78 is 5.27. The molecule has 1 unspecified atom stereocenters. The number of ether oxygens (including phenoxy) is 1. The standard InChI is InChI=1S/C14H17NO5/c1-3-8-20-11-6-4-10(5-7-11)12(16)15-9-14(2,19)13(17)18/h3-7,19H,1,8-9H2,2H3,(H,15,16)(H,17,18). The van der Waals surface area contributed by atoms with Crippen LogP contribution in [0.15, 0.2) is 36.9 Å². The molecule has 20 heavy (non-hydrogen) atoms. The van der Waals surface area contributed by atoms with Gasteiger partial charge in [0.2, 0.25) is 0 Å². The number of carboxylic acid groups (broad SMARTS) is 1. The highest BCUT2D eigenvalue weighted by atomic mass is 16.5. The number of hydrogen-bond acceptors (Lipinski definition) is 4. The van der Waals surface area contributed by atoms with Crippen molar-refractivity contribution < 1.29 is 24.5 Å². The molecular formula is C14H17NO5. The van der Waals surface area contributed by atoms with E-state index in [1.165, 1.54) is 0 Å². The zero-order valence-electron chi connectivity index (χ0n) is 11.1. The SMILES string of the molecule is C=CCOc1ccc(C(=O)NCC(C)(O)C(=O)O)cc1. The number of amides is 1. The van der Waals surface area contributed by atoms with Crippen LogP contribution in [0.4, 0.5) is 0 Å². The molecule has 0 heterocycles. The minimum Gasteiger partial charge on any atom is -0.490 e. The van der Waals surface area contributed by atoms with Gasteiger partial charge in [0.05, 0.1) is 6.54 Å². The molecule has 6 nitrogen and oxygen atoms in total. The van der Waals surface area contributed by atoms with E-state index >= 15 is 0 Å². The number of hydrogen-bond donors (Lipinski definition) is 3. The van der Waals surface area contributed by atoms with E-state index in [1.807, 2.05) is 0 Å². The largest absolute Gasteiger partial charge is 0.490 e. The molecule has 6 heteroatoms. The van der Waals surface area contributed by atoms with Gasteiger partial charge in [0.25, 0.3) is 5.91 Å². The van der Waals surface area contributed by atoms with Crippen LogP contribution in [0, 0.1) is 0 Å². The van der Waals surface area contributed by atoms with E-state index in [0.29, 0.717) is 17.9 Å². The Morgan fingerprint density at radius 1 is 1.40 bits per heavy atom. The quantitative estimate of drug-likeness (QED) is 0.642. The Morgan fingerprint density at radius 3 is 2.50 bits per heavy atom. The van der Waals surface area contributed by atoms with Gasteiger partial charge in [-0.15, -0.1) is 0 Å². The first-order valence-electron chi connectivity index (χ1n) is 5.94. The van der Waals surface area contributed by atoms with Crippen molar-refractivity contribution in [1.29, 1.82) is 0 Å². The number of aliphatic carboxylic acids is 1. The van der Waals surface area contributed by atoms with Crippen LogP contribution in [-0.2, 0) is 4.79 Å². The summed E-state index contributed by atoms with van der Waals surface area (Å²) in [4.78, 5) is 22.5. The van der Waals surface area contributed by atoms with E-state index in [9.17, 15) is 14.7 Å². The molecule has 108 valence electrons. The van der Waals surface area contributed by atoms with Crippen LogP contribution in [0.1, 0.15) is 17.3 Å². The zero-order chi connectivity index (χ0) is 15.2. The van der Waals surface area contributed by atoms with Crippen LogP contribution in [0.2, 0.25) is 0 Å². The number of rotatable bonds is 7. The van der Waals surface area contributed by atoms with Crippen LogP contribution in [-0.4, -0.2) is 40.8 Å². The van der Waals surface area contributed by atoms with Crippen LogP contribution < -0.4 is 10.1 Å². The summed E-state index contributed by atoms with van der Waals surface area (Å²) in [5, 5.41) is 20.6. The zero-order valence-corrected chi connectivity index (χ0v) is 11.1. The van der Waals surface area contributed by atoms with E-state index in [4.69, 9.17) is 9.84 Å². The van der Waals surface area contributed by atoms with Crippen molar-refractivity contribution in [2.24, 2.45) is 0 Å². The normalized spacial score (nSPS) is 13.1. The maximum absolute atomic E-state index is 11.8. The van der Waals surface area contributed by atoms with Gasteiger partial charge in [-0.2, -0.15) is 0 Å². The fourth-order valence-corrected chi connectivity index (χ4v) is 1.29. The first-order chi connectivity index (χ1) is 9.36. The molecule has 1 aromatic rings. The van der Waals surface area contributed by atoms with E-state index in [1.54, 1.807) is 30.3 Å². The molecule has 1 amide bonds. The molecule has 0 saturated carbocycles. The van der Waals surface area contributed by atoms with Crippen molar-refractivity contribution in [1.82, 2.24) is 5.32 Å². The smallest absolute Gasteiger partial charge is 0.337 e. The summed E-state index contributed by atoms with van der Waals surface area (Å²) in [6.45, 7) is 4.62. The predicted molar refractivity (Wildman–Crippen MR) is 72.7 cm³/mol. The van der Waals surface area contributed by atoms with Gasteiger partial charge in [-0.1, -0.05) is 12.7 Å². The van der Waals surface area contributed by atoms with E-state index < -0.39 is 17.5 Å². The Labute approximate surface area is 116 Å². The lowest BCUT2D eigenvalue weighted by Crippen LogP contribution is -2.46. The maximum atomic E-state index is 11.8. The van der Waals surface area contributed by atoms with Gasteiger partial charge < -0.3 is 20.3 Å². The highest BCUT2D eigenvalue weighted by molar-refractivity contribution is 5.94. The summed E-state index contributed by atoms with van der Waals surface area (Å²) in [5.41, 5.74) is -1.65. The van der Waals surface area contributed by atoms with E-state index in [0.717, 1.165) is 6.92 Å². The third kappa shape index (κ3) is 4.40. The molecule has 3 N–H and O–H groups in total. The minimum absolute atomic E-state index is 0.345. The third-order valence-electron chi connectivity index (χ3n) is 2.54. The summed E-state index contributed by atoms with van der Waals surface area (Å²) in [6.07, 6.45) is 1.61. The number of nitrogens with one attached hydrogen (secondary N) is 1. The molecule has 0 bridgehead atoms. The van der Waals surface area contributed by atoms with Crippen molar-refractivity contribution in [2.45, 2.75) is 12.5 Å². The molecule has 0 aliphatic heterocycles. The summed E-state index contributed by atoms with van der Waals surface area (Å²) >= 11 is 0. The maximum Gasteiger partial charge on any atom is 0.337 e. The third-order valence-corrected chi connectivity index (χ3v) is 2.54. The van der Waals surface area contributed by atoms with Gasteiger partial charge in [0.1, 0.15) is 12.4 Å². The Hall–Kier alpha value is -2.34. The molecule has 0 aliphatic carbocycles. The number of carboxylic acids is 1. The molecule has 0 aromatic heterocycles. The van der Waals surface area contributed by atoms with E-state index in [-0.39, 0.29) is 6.54 Å². The van der Waals surface area contributed by atoms with Gasteiger partial charge in [0.15, 0.2) is 5.60 Å². The van der Waals surface area contributed by atoms with Crippen molar-refractivity contribution in [3.05, 3.63) is 42.5 Å². The molecule has 0 fully saturated rings. The van der Waals surface area contributed by atoms with Crippen molar-refractivity contribution >= 4 is 11.9 Å². The first kappa shape index (κ1) is 15.7. The Morgan fingerprint density at radius 2 is 2.00 bits per heavy atom. The Kier molecular flexibility index (Phi) is 5.28. The van der Waals surface area contributed by atoms with Gasteiger partial charge in [-0.3, -0.25) is 4.79 Å². The topological polar surface area (TPSA) is 95.9 Å². The van der Waals surface area contributed by atoms with Gasteiger partial charge in [-0.25, -0.2) is 4.79 Å². The number of benzene rings is 1. The number of carbonyl (C=O) groups excluding carboxylic acids is 1. The molecule has 0 spiro atoms. The highest BCUT2D eigenvalue weighted by Gasteiger charge is 2.30. The molecule has 1 rings (SSSR count). The monoisotopic (exact) mass is 279 g/mol. The average molecular weight is 279 g/mol. The Balaban J connectivity index is 2.60. The lowest BCUT2D eigenvalue weighted by molar-refractivity contribution is -0.155. The van der Waals surface area contributed by atoms with Gasteiger partial charge >= 0.3 is 5.97 Å². The summed E-state index contributed by atoms with van der Waals surface area (Å²) in [5.74, 6) is -1.27. The molecular weight excluding hydrogens is 262 g/mol. The van der Waals surface area contributed by atoms with Crippen LogP contribution in [0.3, 0.4) is 0 Å². The van der Waals surface area contributed by atoms with E-state index in [2.05, 4.69) is 11.9 Å². The molecule has 0 aliphatic rings. The number of aliphatic hydroxyl groups is 1. The fourth-order valence-electron chi connectivity index (χ4n) is 1.29. The first-order valence-corrected chi connectivity index (χ1v) is 5.94. The van der Waals surface area contributed by atoms with Gasteiger partial charge in [-0.05, 0) is 31.2 Å². The predicted octanol–water partition coefficient (Wildman–Crippen LogP) is 0.817. The van der Waals surface area contributed by atoms with Crippen molar-refractivity contribution in [2.75, 3.05) is 13.2 Å². The Bertz CT molecular complexity index is 493. The van der Waals surface area contributed by atoms with Crippen LogP contribution in [0.5, 0.6) is 5.75 Å². The van der Waals surface area contributed by atoms with Gasteiger partial charge in [0, 0.05) is 5.56 Å². The summed E-state index contributed by atoms with van der Waals surface area (Å²) in [6, 6.07) is 6.33. The lowest BCUT2D eigenvalue weighted by Gasteiger charge is -2.18. The number of carbonyl (C=O) groups is 2. The highest BCUT2D eigenvalue weighted by Crippen LogP contribution is 2.12. The molecule has 0 saturated heterocycles. The molecule has 1 atom stereocenters. The van der Waals surface area contributed by atoms with Crippen LogP contribution >= 0.6 is 0 Å². The molecule has 1 aromatic carbocycles. The average Bonchev–Trinajstić information content (AvgIpc) is 2.43. The second-order valence-electron chi connectivity index (χ2n) is 4.39. The minimum atomic E-state index is -2.00. The second kappa shape index (κ2) is 6.72. The molecule has 0 radical (unpaired) electrons. The fraction of sp³-hybridized carbons (Fsp3) is 0.286. The van der Waals surface area contributed by atoms with Crippen LogP contribution in [0.25, 0.3) is 0 Å². The van der Waals surface area contributed by atoms with Crippen molar-refractivity contribution in [3.8, 4) is 5.75 Å². The summed E-state index contributed by atoms with van der Waals surface area (Å²) in [7, 11) is 0. The van der Waals surface area contributed by atoms with Crippen molar-refractivity contribution in [3.63, 3.8) is 0 Å². The lowest BCUT2D eigenvalue weighted by atomic mass is 10.1.